The maximum absolute atomic E-state index is 13.6. The molecule has 2 N–H and O–H groups in total. The fourth-order valence-corrected chi connectivity index (χ4v) is 2.51. The Morgan fingerprint density at radius 1 is 1.38 bits per heavy atom. The number of methoxy groups -OCH3 is 1. The van der Waals surface area contributed by atoms with Crippen molar-refractivity contribution in [2.75, 3.05) is 40.9 Å². The maximum Gasteiger partial charge on any atom is 0.241 e. The molecule has 0 aromatic heterocycles. The molecule has 1 aliphatic rings. The van der Waals surface area contributed by atoms with Gasteiger partial charge in [0.25, 0.3) is 0 Å². The molecule has 1 unspecified atom stereocenters. The van der Waals surface area contributed by atoms with Crippen LogP contribution in [0, 0.1) is 5.82 Å². The lowest BCUT2D eigenvalue weighted by molar-refractivity contribution is -0.127. The standard InChI is InChI=1S/C18H27FN4O3/c1-23(2)17(24)12-22-18(21-11-15-5-4-6-26-15)20-10-13-7-14(19)9-16(8-13)25-3/h7-9,15H,4-6,10-12H2,1-3H3,(H2,20,21,22). The van der Waals surface area contributed by atoms with Crippen molar-refractivity contribution in [3.63, 3.8) is 0 Å². The molecule has 0 spiro atoms. The quantitative estimate of drug-likeness (QED) is 0.559. The number of nitrogens with one attached hydrogen (secondary N) is 2. The zero-order valence-corrected chi connectivity index (χ0v) is 15.5. The van der Waals surface area contributed by atoms with Crippen LogP contribution < -0.4 is 15.4 Å². The second kappa shape index (κ2) is 9.96. The van der Waals surface area contributed by atoms with Crippen LogP contribution in [0.25, 0.3) is 0 Å². The van der Waals surface area contributed by atoms with E-state index in [0.29, 0.717) is 23.8 Å². The van der Waals surface area contributed by atoms with Crippen LogP contribution in [0.1, 0.15) is 18.4 Å². The first-order valence-electron chi connectivity index (χ1n) is 8.65. The van der Waals surface area contributed by atoms with E-state index in [9.17, 15) is 9.18 Å². The first-order valence-corrected chi connectivity index (χ1v) is 8.65. The van der Waals surface area contributed by atoms with Gasteiger partial charge in [-0.2, -0.15) is 0 Å². The molecule has 8 heteroatoms. The van der Waals surface area contributed by atoms with Crippen LogP contribution in [0.5, 0.6) is 5.75 Å². The van der Waals surface area contributed by atoms with E-state index in [0.717, 1.165) is 19.4 Å². The van der Waals surface area contributed by atoms with E-state index >= 15 is 0 Å². The smallest absolute Gasteiger partial charge is 0.241 e. The van der Waals surface area contributed by atoms with Gasteiger partial charge in [-0.3, -0.25) is 4.79 Å². The number of ether oxygens (including phenoxy) is 2. The lowest BCUT2D eigenvalue weighted by Crippen LogP contribution is -2.45. The van der Waals surface area contributed by atoms with E-state index in [1.807, 2.05) is 0 Å². The number of aliphatic imine (C=N–C) groups is 1. The monoisotopic (exact) mass is 366 g/mol. The lowest BCUT2D eigenvalue weighted by Gasteiger charge is -2.17. The predicted octanol–water partition coefficient (Wildman–Crippen LogP) is 1.14. The molecular formula is C18H27FN4O3. The fourth-order valence-electron chi connectivity index (χ4n) is 2.51. The van der Waals surface area contributed by atoms with Gasteiger partial charge in [0, 0.05) is 33.3 Å². The summed E-state index contributed by atoms with van der Waals surface area (Å²) in [5.41, 5.74) is 0.680. The molecule has 0 aliphatic carbocycles. The molecule has 0 bridgehead atoms. The van der Waals surface area contributed by atoms with Gasteiger partial charge in [-0.05, 0) is 30.5 Å². The van der Waals surface area contributed by atoms with E-state index in [1.54, 1.807) is 20.2 Å². The van der Waals surface area contributed by atoms with Gasteiger partial charge in [-0.15, -0.1) is 0 Å². The zero-order chi connectivity index (χ0) is 18.9. The summed E-state index contributed by atoms with van der Waals surface area (Å²) in [4.78, 5) is 17.8. The highest BCUT2D eigenvalue weighted by molar-refractivity contribution is 5.86. The average molecular weight is 366 g/mol. The van der Waals surface area contributed by atoms with Crippen molar-refractivity contribution in [2.45, 2.75) is 25.5 Å². The summed E-state index contributed by atoms with van der Waals surface area (Å²) < 4.78 is 24.3. The van der Waals surface area contributed by atoms with E-state index in [2.05, 4.69) is 15.6 Å². The number of halogens is 1. The van der Waals surface area contributed by atoms with Crippen molar-refractivity contribution in [3.8, 4) is 5.75 Å². The predicted molar refractivity (Wildman–Crippen MR) is 97.8 cm³/mol. The third kappa shape index (κ3) is 6.51. The number of amides is 1. The van der Waals surface area contributed by atoms with E-state index in [-0.39, 0.29) is 30.9 Å². The average Bonchev–Trinajstić information content (AvgIpc) is 3.13. The second-order valence-electron chi connectivity index (χ2n) is 6.32. The van der Waals surface area contributed by atoms with Crippen LogP contribution in [-0.2, 0) is 16.1 Å². The van der Waals surface area contributed by atoms with Crippen LogP contribution in [0.3, 0.4) is 0 Å². The minimum absolute atomic E-state index is 0.0657. The number of hydrogen-bond donors (Lipinski definition) is 2. The Hall–Kier alpha value is -2.35. The number of carbonyl (C=O) groups is 1. The van der Waals surface area contributed by atoms with Crippen LogP contribution in [-0.4, -0.2) is 63.8 Å². The van der Waals surface area contributed by atoms with Crippen molar-refractivity contribution < 1.29 is 18.7 Å². The highest BCUT2D eigenvalue weighted by atomic mass is 19.1. The van der Waals surface area contributed by atoms with Crippen molar-refractivity contribution in [3.05, 3.63) is 29.6 Å². The Kier molecular flexibility index (Phi) is 7.65. The Morgan fingerprint density at radius 3 is 2.85 bits per heavy atom. The number of rotatable bonds is 7. The molecule has 1 saturated heterocycles. The third-order valence-electron chi connectivity index (χ3n) is 4.01. The van der Waals surface area contributed by atoms with Gasteiger partial charge in [-0.1, -0.05) is 0 Å². The molecule has 144 valence electrons. The van der Waals surface area contributed by atoms with E-state index in [1.165, 1.54) is 24.1 Å². The largest absolute Gasteiger partial charge is 0.497 e. The third-order valence-corrected chi connectivity index (χ3v) is 4.01. The molecule has 26 heavy (non-hydrogen) atoms. The molecule has 1 aliphatic heterocycles. The fraction of sp³-hybridized carbons (Fsp3) is 0.556. The number of likely N-dealkylation sites (N-methyl/N-ethyl adjacent to an activating group) is 1. The Bertz CT molecular complexity index is 631. The molecule has 1 heterocycles. The van der Waals surface area contributed by atoms with Crippen molar-refractivity contribution >= 4 is 11.9 Å². The molecule has 1 fully saturated rings. The van der Waals surface area contributed by atoms with Crippen LogP contribution in [0.2, 0.25) is 0 Å². The second-order valence-corrected chi connectivity index (χ2v) is 6.32. The maximum atomic E-state index is 13.6. The van der Waals surface area contributed by atoms with Crippen LogP contribution in [0.4, 0.5) is 4.39 Å². The van der Waals surface area contributed by atoms with Crippen LogP contribution in [0.15, 0.2) is 23.2 Å². The minimum atomic E-state index is -0.376. The normalized spacial score (nSPS) is 17.1. The summed E-state index contributed by atoms with van der Waals surface area (Å²) in [6.07, 6.45) is 2.19. The van der Waals surface area contributed by atoms with Crippen molar-refractivity contribution in [2.24, 2.45) is 4.99 Å². The van der Waals surface area contributed by atoms with Gasteiger partial charge < -0.3 is 25.0 Å². The van der Waals surface area contributed by atoms with E-state index < -0.39 is 0 Å². The summed E-state index contributed by atoms with van der Waals surface area (Å²) in [5, 5.41) is 6.19. The summed E-state index contributed by atoms with van der Waals surface area (Å²) in [6, 6.07) is 4.46. The lowest BCUT2D eigenvalue weighted by atomic mass is 10.2. The minimum Gasteiger partial charge on any atom is -0.497 e. The summed E-state index contributed by atoms with van der Waals surface area (Å²) in [7, 11) is 4.88. The number of hydrogen-bond acceptors (Lipinski definition) is 4. The molecule has 1 atom stereocenters. The molecular weight excluding hydrogens is 339 g/mol. The Balaban J connectivity index is 2.01. The highest BCUT2D eigenvalue weighted by Crippen LogP contribution is 2.16. The number of guanidine groups is 1. The zero-order valence-electron chi connectivity index (χ0n) is 15.5. The molecule has 2 rings (SSSR count). The number of carbonyl (C=O) groups excluding carboxylic acids is 1. The summed E-state index contributed by atoms with van der Waals surface area (Å²) in [5.74, 6) is 0.488. The van der Waals surface area contributed by atoms with Gasteiger partial charge in [0.15, 0.2) is 5.96 Å². The van der Waals surface area contributed by atoms with Crippen LogP contribution >= 0.6 is 0 Å². The summed E-state index contributed by atoms with van der Waals surface area (Å²) >= 11 is 0. The molecule has 0 saturated carbocycles. The molecule has 1 aromatic rings. The van der Waals surface area contributed by atoms with Crippen molar-refractivity contribution in [1.82, 2.24) is 15.5 Å². The molecule has 1 amide bonds. The first kappa shape index (κ1) is 20.0. The van der Waals surface area contributed by atoms with Gasteiger partial charge in [-0.25, -0.2) is 9.38 Å². The highest BCUT2D eigenvalue weighted by Gasteiger charge is 2.16. The summed E-state index contributed by atoms with van der Waals surface area (Å²) in [6.45, 7) is 1.75. The SMILES string of the molecule is COc1cc(F)cc(CN=C(NCC(=O)N(C)C)NCC2CCCO2)c1. The molecule has 1 aromatic carbocycles. The number of benzene rings is 1. The van der Waals surface area contributed by atoms with Gasteiger partial charge in [0.05, 0.1) is 26.3 Å². The van der Waals surface area contributed by atoms with Gasteiger partial charge in [0.2, 0.25) is 5.91 Å². The van der Waals surface area contributed by atoms with Gasteiger partial charge >= 0.3 is 0 Å². The van der Waals surface area contributed by atoms with E-state index in [4.69, 9.17) is 9.47 Å². The Labute approximate surface area is 153 Å². The molecule has 0 radical (unpaired) electrons. The molecule has 7 nitrogen and oxygen atoms in total. The number of nitrogens with zero attached hydrogens (tertiary/aromatic N) is 2. The first-order chi connectivity index (χ1) is 12.5. The van der Waals surface area contributed by atoms with Crippen molar-refractivity contribution in [1.29, 1.82) is 0 Å². The van der Waals surface area contributed by atoms with Gasteiger partial charge in [0.1, 0.15) is 11.6 Å². The topological polar surface area (TPSA) is 75.2 Å². The Morgan fingerprint density at radius 2 is 2.19 bits per heavy atom.